The van der Waals surface area contributed by atoms with E-state index in [9.17, 15) is 128 Å². The van der Waals surface area contributed by atoms with E-state index in [1.165, 1.54) is 0 Å². The van der Waals surface area contributed by atoms with Crippen molar-refractivity contribution in [3.05, 3.63) is 0 Å². The van der Waals surface area contributed by atoms with Crippen LogP contribution in [0.5, 0.6) is 0 Å². The second kappa shape index (κ2) is 63.3. The zero-order valence-electron chi connectivity index (χ0n) is 67.8. The van der Waals surface area contributed by atoms with Gasteiger partial charge in [-0.3, -0.25) is 61.8 Å². The molecule has 1 saturated heterocycles. The Balaban J connectivity index is -0.00000298. The van der Waals surface area contributed by atoms with Crippen LogP contribution in [0.25, 0.3) is 0 Å². The van der Waals surface area contributed by atoms with Gasteiger partial charge in [-0.2, -0.15) is 8.42 Å². The van der Waals surface area contributed by atoms with Crippen LogP contribution in [-0.4, -0.2) is 299 Å². The van der Waals surface area contributed by atoms with Gasteiger partial charge < -0.3 is 118 Å². The number of rotatable bonds is 44. The van der Waals surface area contributed by atoms with Gasteiger partial charge in [0.05, 0.1) is 41.6 Å². The van der Waals surface area contributed by atoms with Crippen molar-refractivity contribution in [1.82, 2.24) is 85.1 Å². The number of hydrogen-bond acceptors (Lipinski definition) is 35. The third-order valence-corrected chi connectivity index (χ3v) is 18.6. The van der Waals surface area contributed by atoms with E-state index < -0.39 is 318 Å². The summed E-state index contributed by atoms with van der Waals surface area (Å²) in [5.41, 5.74) is 0. The standard InChI is InChI=1S/C58H110N16O28S5.5Na.H2O4S/c1-9-35(6)12-10-11-13-46(77)65-38(14-20-59-28-103(88,89)90)53(82)74-48(37(8)76)58(87)70-41(17-23-62-31-106(97,98)99)50(79)68-43-19-25-64-57(86)47(36(7)75)73-54(83)42(18-24-63-32-107(100,101)102)67-49(78)39(15-21-60-29-104(91,92)93)69-55(84)44(26-33(2)3)72-56(85)45(27-34(4)5)71-52(81)40(66-51(43)80)16-22-61-30-105(94,95)96;;;;;;1-5(2,3)4/h33-45,47-48,59-63,75-76H,9-32H2,1-8H3,(H,64,86)(H,65,77)(H,66,80)(H,67,78)(H,68,79)(H,69,84)(H,70,87)(H,71,81)(H,72,85)(H,73,83)(H,74,82)(H,88,89,90)(H,91,92,93)(H,94,95,96)(H,97,98,99)(H,100,101,102);;;;;;(H2,1,2,3,4)/q;5*+1;/p-5/t35-,36-,37-,38+,39+,40+,41+,42+,43+,44+,45-,47+,48+;;;;;;/m1....../s1. The monoisotopic (exact) mass is 1850 g/mol. The van der Waals surface area contributed by atoms with Gasteiger partial charge in [-0.15, -0.1) is 0 Å². The van der Waals surface area contributed by atoms with Crippen LogP contribution in [-0.2, 0) is 114 Å². The molecule has 13 atom stereocenters. The summed E-state index contributed by atoms with van der Waals surface area (Å²) in [6, 6.07) is -18.8. The van der Waals surface area contributed by atoms with E-state index in [4.69, 9.17) is 17.5 Å². The molecule has 1 heterocycles. The molecule has 59 heteroatoms. The van der Waals surface area contributed by atoms with Gasteiger partial charge in [0, 0.05) is 13.0 Å². The zero-order chi connectivity index (χ0) is 86.3. The molecule has 20 N–H and O–H groups in total. The molecule has 0 aromatic carbocycles. The first-order valence-corrected chi connectivity index (χ1v) is 44.3. The van der Waals surface area contributed by atoms with E-state index in [0.29, 0.717) is 18.8 Å². The van der Waals surface area contributed by atoms with Gasteiger partial charge in [-0.1, -0.05) is 60.8 Å². The molecule has 652 valence electrons. The quantitative estimate of drug-likeness (QED) is 0.0153. The fourth-order valence-corrected chi connectivity index (χ4v) is 12.1. The third-order valence-electron chi connectivity index (χ3n) is 15.8. The molecule has 0 radical (unpaired) electrons. The Hall–Kier alpha value is -1.69. The number of nitrogens with one attached hydrogen (secondary N) is 16. The third kappa shape index (κ3) is 64.7. The first kappa shape index (κ1) is 126. The van der Waals surface area contributed by atoms with E-state index in [-0.39, 0.29) is 167 Å². The molecule has 117 heavy (non-hydrogen) atoms. The van der Waals surface area contributed by atoms with Crippen molar-refractivity contribution in [3.63, 3.8) is 0 Å². The molecule has 1 fully saturated rings. The van der Waals surface area contributed by atoms with Crippen LogP contribution in [0, 0.1) is 17.8 Å². The number of aliphatic hydroxyl groups is 2. The Morgan fingerprint density at radius 1 is 0.436 bits per heavy atom. The van der Waals surface area contributed by atoms with Crippen molar-refractivity contribution < 1.29 is 293 Å². The number of carbonyl (C=O) groups excluding carboxylic acids is 11. The minimum atomic E-state index is -5.03. The molecule has 1 aliphatic rings. The summed E-state index contributed by atoms with van der Waals surface area (Å²) in [6.07, 6.45) is -5.63. The van der Waals surface area contributed by atoms with Gasteiger partial charge in [-0.25, -0.2) is 42.1 Å². The van der Waals surface area contributed by atoms with E-state index in [1.807, 2.05) is 13.8 Å². The van der Waals surface area contributed by atoms with Gasteiger partial charge >= 0.3 is 158 Å². The molecule has 11 amide bonds. The topological polar surface area (TPSA) is 781 Å². The Morgan fingerprint density at radius 2 is 0.769 bits per heavy atom. The number of aliphatic hydroxyl groups excluding tert-OH is 2. The fraction of sp³-hybridized carbons (Fsp3) is 0.810. The van der Waals surface area contributed by atoms with Crippen molar-refractivity contribution in [3.8, 4) is 0 Å². The predicted octanol–water partition coefficient (Wildman–Crippen LogP) is -25.4. The second-order valence-electron chi connectivity index (χ2n) is 27.0. The van der Waals surface area contributed by atoms with Crippen LogP contribution < -0.4 is 233 Å². The van der Waals surface area contributed by atoms with E-state index >= 15 is 0 Å². The van der Waals surface area contributed by atoms with Crippen LogP contribution in [0.1, 0.15) is 139 Å². The minimum Gasteiger partial charge on any atom is -0.747 e. The largest absolute Gasteiger partial charge is 1.00 e. The van der Waals surface area contributed by atoms with Gasteiger partial charge in [0.1, 0.15) is 111 Å². The summed E-state index contributed by atoms with van der Waals surface area (Å²) in [5, 5.41) is 59.0. The Bertz CT molecular complexity index is 3810. The summed E-state index contributed by atoms with van der Waals surface area (Å²) in [7, 11) is -29.4. The van der Waals surface area contributed by atoms with Gasteiger partial charge in [0.2, 0.25) is 65.0 Å². The molecule has 0 bridgehead atoms. The summed E-state index contributed by atoms with van der Waals surface area (Å²) >= 11 is 0. The summed E-state index contributed by atoms with van der Waals surface area (Å²) in [4.78, 5) is 158. The molecule has 48 nitrogen and oxygen atoms in total. The average Bonchev–Trinajstić information content (AvgIpc) is 1.31. The van der Waals surface area contributed by atoms with Crippen molar-refractivity contribution in [2.45, 2.75) is 211 Å². The van der Waals surface area contributed by atoms with Crippen LogP contribution >= 0.6 is 0 Å². The first-order valence-electron chi connectivity index (χ1n) is 35.0. The normalized spacial score (nSPS) is 20.2. The summed E-state index contributed by atoms with van der Waals surface area (Å²) in [5.74, 6) is -20.0. The molecule has 0 aromatic heterocycles. The SMILES string of the molecule is CC[C@@H](C)CCCCC(=O)N[C@@H](CCNCS(=O)(=O)[O-])C(=O)N[C@H](C(=O)N[C@@H](CCNCS(=O)(=O)[O-])C(=O)N[C@H]1CCNC(=O)[C@H]([C@@H](C)O)NC(=O)[C@H](CCNCS(=O)(=O)[O-])NC(=O)[C@H](CCNCS(=O)(=O)[O-])NC(=O)[C@H](CC(C)C)NC(=O)[C@@H](CC(C)C)NC(=O)[C@H](CCNCS(=O)(=O)[O-])NC1=O)[C@@H](C)O.O=S(=O)(O)O.[Na+].[Na+].[Na+].[Na+].[Na+]. The van der Waals surface area contributed by atoms with Crippen LogP contribution in [0.3, 0.4) is 0 Å². The Labute approximate surface area is 793 Å². The maximum atomic E-state index is 14.9. The Morgan fingerprint density at radius 3 is 1.11 bits per heavy atom. The van der Waals surface area contributed by atoms with E-state index in [0.717, 1.165) is 26.7 Å². The van der Waals surface area contributed by atoms with Crippen LogP contribution in [0.15, 0.2) is 0 Å². The van der Waals surface area contributed by atoms with Crippen molar-refractivity contribution in [2.24, 2.45) is 17.8 Å². The fourth-order valence-electron chi connectivity index (χ4n) is 10.1. The van der Waals surface area contributed by atoms with Crippen molar-refractivity contribution in [2.75, 3.05) is 68.7 Å². The molecule has 0 unspecified atom stereocenters. The number of unbranched alkanes of at least 4 members (excludes halogenated alkanes) is 1. The average molecular weight is 1850 g/mol. The molecule has 1 rings (SSSR count). The number of carbonyl (C=O) groups is 11. The van der Waals surface area contributed by atoms with Gasteiger partial charge in [0.15, 0.2) is 0 Å². The molecular formula is C58H107N16Na5O32S6. The number of amides is 11. The molecule has 0 aromatic rings. The van der Waals surface area contributed by atoms with E-state index in [2.05, 4.69) is 85.1 Å². The van der Waals surface area contributed by atoms with Crippen LogP contribution in [0.2, 0.25) is 0 Å². The van der Waals surface area contributed by atoms with Crippen molar-refractivity contribution in [1.29, 1.82) is 0 Å². The predicted molar refractivity (Wildman–Crippen MR) is 387 cm³/mol. The second-order valence-corrected chi connectivity index (χ2v) is 34.9. The summed E-state index contributed by atoms with van der Waals surface area (Å²) < 4.78 is 204. The zero-order valence-corrected chi connectivity index (χ0v) is 82.7. The molecular weight excluding hydrogens is 1740 g/mol. The molecule has 0 spiro atoms. The van der Waals surface area contributed by atoms with E-state index in [1.54, 1.807) is 27.7 Å². The maximum absolute atomic E-state index is 14.9. The maximum Gasteiger partial charge on any atom is 1.00 e. The Kier molecular flexibility index (Phi) is 68.2. The smallest absolute Gasteiger partial charge is 0.747 e. The van der Waals surface area contributed by atoms with Crippen molar-refractivity contribution >= 4 is 126 Å². The molecule has 1 aliphatic heterocycles. The number of hydrogen-bond donors (Lipinski definition) is 20. The minimum absolute atomic E-state index is 0. The summed E-state index contributed by atoms with van der Waals surface area (Å²) in [6.45, 7) is 8.83. The van der Waals surface area contributed by atoms with Gasteiger partial charge in [-0.05, 0) is 122 Å². The molecule has 0 aliphatic carbocycles. The van der Waals surface area contributed by atoms with Gasteiger partial charge in [0.25, 0.3) is 0 Å². The van der Waals surface area contributed by atoms with Crippen LogP contribution in [0.4, 0.5) is 0 Å². The first-order chi connectivity index (χ1) is 51.4. The molecule has 0 saturated carbocycles.